The molecule has 208 valence electrons. The summed E-state index contributed by atoms with van der Waals surface area (Å²) in [4.78, 5) is 28.5. The molecule has 3 aromatic carbocycles. The number of amides is 2. The molecule has 0 radical (unpaired) electrons. The second-order valence-corrected chi connectivity index (χ2v) is 12.0. The highest BCUT2D eigenvalue weighted by molar-refractivity contribution is 7.92. The number of hydrogen-bond acceptors (Lipinski definition) is 4. The van der Waals surface area contributed by atoms with Crippen LogP contribution >= 0.6 is 0 Å². The largest absolute Gasteiger partial charge is 0.354 e. The lowest BCUT2D eigenvalue weighted by Crippen LogP contribution is -2.51. The van der Waals surface area contributed by atoms with Crippen LogP contribution in [0.15, 0.2) is 71.6 Å². The van der Waals surface area contributed by atoms with Crippen LogP contribution in [0.4, 0.5) is 5.69 Å². The third-order valence-corrected chi connectivity index (χ3v) is 8.49. The number of benzene rings is 3. The third-order valence-electron chi connectivity index (χ3n) is 6.71. The molecule has 0 saturated heterocycles. The van der Waals surface area contributed by atoms with Gasteiger partial charge in [0.15, 0.2) is 0 Å². The second kappa shape index (κ2) is 12.9. The average Bonchev–Trinajstić information content (AvgIpc) is 2.91. The van der Waals surface area contributed by atoms with Crippen molar-refractivity contribution >= 4 is 27.5 Å². The van der Waals surface area contributed by atoms with Crippen molar-refractivity contribution < 1.29 is 18.0 Å². The highest BCUT2D eigenvalue weighted by atomic mass is 32.2. The van der Waals surface area contributed by atoms with Gasteiger partial charge < -0.3 is 10.2 Å². The van der Waals surface area contributed by atoms with Crippen LogP contribution in [-0.4, -0.2) is 44.3 Å². The number of anilines is 1. The molecule has 7 nitrogen and oxygen atoms in total. The maximum absolute atomic E-state index is 14.0. The third kappa shape index (κ3) is 7.47. The van der Waals surface area contributed by atoms with Crippen LogP contribution in [0.5, 0.6) is 0 Å². The normalized spacial score (nSPS) is 12.1. The fourth-order valence-electron chi connectivity index (χ4n) is 4.21. The maximum Gasteiger partial charge on any atom is 0.264 e. The Morgan fingerprint density at radius 2 is 1.41 bits per heavy atom. The van der Waals surface area contributed by atoms with E-state index in [0.717, 1.165) is 34.2 Å². The smallest absolute Gasteiger partial charge is 0.264 e. The Morgan fingerprint density at radius 3 is 2.00 bits per heavy atom. The van der Waals surface area contributed by atoms with Crippen LogP contribution in [0.1, 0.15) is 48.1 Å². The van der Waals surface area contributed by atoms with Gasteiger partial charge in [0, 0.05) is 13.1 Å². The topological polar surface area (TPSA) is 86.8 Å². The zero-order chi connectivity index (χ0) is 28.7. The van der Waals surface area contributed by atoms with E-state index in [0.29, 0.717) is 12.2 Å². The summed E-state index contributed by atoms with van der Waals surface area (Å²) in [5.74, 6) is -0.747. The minimum absolute atomic E-state index is 0.0978. The molecule has 0 spiro atoms. The molecule has 0 heterocycles. The van der Waals surface area contributed by atoms with E-state index in [-0.39, 0.29) is 17.3 Å². The maximum atomic E-state index is 14.0. The molecule has 0 aliphatic heterocycles. The highest BCUT2D eigenvalue weighted by Gasteiger charge is 2.33. The summed E-state index contributed by atoms with van der Waals surface area (Å²) in [6.45, 7) is 11.4. The molecule has 3 aromatic rings. The van der Waals surface area contributed by atoms with E-state index in [2.05, 4.69) is 5.32 Å². The van der Waals surface area contributed by atoms with Gasteiger partial charge in [0.1, 0.15) is 12.6 Å². The molecule has 1 unspecified atom stereocenters. The molecular formula is C31H39N3O4S. The minimum atomic E-state index is -4.09. The lowest BCUT2D eigenvalue weighted by atomic mass is 10.1. The summed E-state index contributed by atoms with van der Waals surface area (Å²) in [6, 6.07) is 19.0. The van der Waals surface area contributed by atoms with Crippen LogP contribution in [0.25, 0.3) is 0 Å². The van der Waals surface area contributed by atoms with Crippen molar-refractivity contribution in [3.05, 3.63) is 94.5 Å². The number of nitrogens with one attached hydrogen (secondary N) is 1. The standard InChI is InChI=1S/C31H39N3O4S/c1-7-18-32-31(36)26(6)33(20-27-14-9-22(2)10-15-27)30(35)21-34(29-19-24(4)8-13-25(29)5)39(37,38)28-16-11-23(3)12-17-28/h8-17,19,26H,7,18,20-21H2,1-6H3,(H,32,36). The molecule has 0 aromatic heterocycles. The molecule has 0 aliphatic rings. The number of sulfonamides is 1. The van der Waals surface area contributed by atoms with Gasteiger partial charge in [0.25, 0.3) is 10.0 Å². The molecule has 2 amide bonds. The Labute approximate surface area is 232 Å². The Morgan fingerprint density at radius 1 is 0.846 bits per heavy atom. The summed E-state index contributed by atoms with van der Waals surface area (Å²) < 4.78 is 29.1. The number of aryl methyl sites for hydroxylation is 4. The molecule has 39 heavy (non-hydrogen) atoms. The Bertz CT molecular complexity index is 1400. The van der Waals surface area contributed by atoms with Crippen molar-refractivity contribution in [2.24, 2.45) is 0 Å². The molecule has 0 saturated carbocycles. The van der Waals surface area contributed by atoms with Crippen molar-refractivity contribution in [1.82, 2.24) is 10.2 Å². The second-order valence-electron chi connectivity index (χ2n) is 10.1. The van der Waals surface area contributed by atoms with Crippen LogP contribution in [0.3, 0.4) is 0 Å². The van der Waals surface area contributed by atoms with Gasteiger partial charge in [-0.2, -0.15) is 0 Å². The van der Waals surface area contributed by atoms with E-state index in [1.165, 1.54) is 9.21 Å². The van der Waals surface area contributed by atoms with Crippen molar-refractivity contribution in [3.63, 3.8) is 0 Å². The van der Waals surface area contributed by atoms with Gasteiger partial charge in [-0.25, -0.2) is 8.42 Å². The van der Waals surface area contributed by atoms with Gasteiger partial charge in [-0.1, -0.05) is 66.6 Å². The summed E-state index contributed by atoms with van der Waals surface area (Å²) in [6.07, 6.45) is 0.763. The molecule has 0 aliphatic carbocycles. The van der Waals surface area contributed by atoms with Gasteiger partial charge >= 0.3 is 0 Å². The van der Waals surface area contributed by atoms with E-state index in [1.54, 1.807) is 37.3 Å². The summed E-state index contributed by atoms with van der Waals surface area (Å²) in [5.41, 5.74) is 4.89. The van der Waals surface area contributed by atoms with Crippen molar-refractivity contribution in [1.29, 1.82) is 0 Å². The first-order valence-corrected chi connectivity index (χ1v) is 14.7. The Balaban J connectivity index is 2.05. The number of rotatable bonds is 11. The molecule has 0 bridgehead atoms. The van der Waals surface area contributed by atoms with Crippen LogP contribution < -0.4 is 9.62 Å². The zero-order valence-corrected chi connectivity index (χ0v) is 24.5. The van der Waals surface area contributed by atoms with Gasteiger partial charge in [-0.15, -0.1) is 0 Å². The first-order chi connectivity index (χ1) is 18.4. The van der Waals surface area contributed by atoms with Crippen LogP contribution in [0.2, 0.25) is 0 Å². The van der Waals surface area contributed by atoms with Crippen molar-refractivity contribution in [2.45, 2.75) is 65.4 Å². The van der Waals surface area contributed by atoms with E-state index in [4.69, 9.17) is 0 Å². The average molecular weight is 550 g/mol. The minimum Gasteiger partial charge on any atom is -0.354 e. The van der Waals surface area contributed by atoms with Crippen LogP contribution in [0, 0.1) is 27.7 Å². The number of carbonyl (C=O) groups excluding carboxylic acids is 2. The monoisotopic (exact) mass is 549 g/mol. The first kappa shape index (κ1) is 29.9. The van der Waals surface area contributed by atoms with Crippen molar-refractivity contribution in [3.8, 4) is 0 Å². The SMILES string of the molecule is CCCNC(=O)C(C)N(Cc1ccc(C)cc1)C(=O)CN(c1cc(C)ccc1C)S(=O)(=O)c1ccc(C)cc1. The fraction of sp³-hybridized carbons (Fsp3) is 0.355. The molecule has 1 N–H and O–H groups in total. The van der Waals surface area contributed by atoms with Gasteiger partial charge in [-0.05, 0) is 75.9 Å². The predicted octanol–water partition coefficient (Wildman–Crippen LogP) is 5.06. The lowest BCUT2D eigenvalue weighted by molar-refractivity contribution is -0.139. The summed E-state index contributed by atoms with van der Waals surface area (Å²) >= 11 is 0. The summed E-state index contributed by atoms with van der Waals surface area (Å²) in [5, 5.41) is 2.86. The van der Waals surface area contributed by atoms with E-state index in [1.807, 2.05) is 71.0 Å². The fourth-order valence-corrected chi connectivity index (χ4v) is 5.68. The molecule has 3 rings (SSSR count). The lowest BCUT2D eigenvalue weighted by Gasteiger charge is -2.32. The number of hydrogen-bond donors (Lipinski definition) is 1. The molecule has 8 heteroatoms. The van der Waals surface area contributed by atoms with Gasteiger partial charge in [0.2, 0.25) is 11.8 Å². The van der Waals surface area contributed by atoms with Crippen LogP contribution in [-0.2, 0) is 26.2 Å². The zero-order valence-electron chi connectivity index (χ0n) is 23.7. The first-order valence-electron chi connectivity index (χ1n) is 13.2. The van der Waals surface area contributed by atoms with Gasteiger partial charge in [-0.3, -0.25) is 13.9 Å². The number of carbonyl (C=O) groups is 2. The van der Waals surface area contributed by atoms with E-state index in [9.17, 15) is 18.0 Å². The van der Waals surface area contributed by atoms with E-state index < -0.39 is 28.5 Å². The predicted molar refractivity (Wildman–Crippen MR) is 156 cm³/mol. The highest BCUT2D eigenvalue weighted by Crippen LogP contribution is 2.28. The Hall–Kier alpha value is -3.65. The van der Waals surface area contributed by atoms with Gasteiger partial charge in [0.05, 0.1) is 10.6 Å². The molecule has 1 atom stereocenters. The van der Waals surface area contributed by atoms with Crippen molar-refractivity contribution in [2.75, 3.05) is 17.4 Å². The summed E-state index contributed by atoms with van der Waals surface area (Å²) in [7, 11) is -4.09. The van der Waals surface area contributed by atoms with E-state index >= 15 is 0 Å². The molecule has 0 fully saturated rings. The Kier molecular flexibility index (Phi) is 9.92. The number of nitrogens with zero attached hydrogens (tertiary/aromatic N) is 2. The molecular weight excluding hydrogens is 510 g/mol. The quantitative estimate of drug-likeness (QED) is 0.362.